The van der Waals surface area contributed by atoms with Crippen molar-refractivity contribution in [3.8, 4) is 0 Å². The van der Waals surface area contributed by atoms with Crippen molar-refractivity contribution >= 4 is 5.97 Å². The van der Waals surface area contributed by atoms with E-state index < -0.39 is 30.5 Å². The van der Waals surface area contributed by atoms with Crippen LogP contribution in [-0.2, 0) is 17.0 Å². The van der Waals surface area contributed by atoms with Crippen molar-refractivity contribution in [2.75, 3.05) is 0 Å². The lowest BCUT2D eigenvalue weighted by Gasteiger charge is -2.27. The van der Waals surface area contributed by atoms with Gasteiger partial charge in [0, 0.05) is 11.8 Å². The van der Waals surface area contributed by atoms with E-state index in [2.05, 4.69) is 4.98 Å². The Kier molecular flexibility index (Phi) is 4.14. The molecule has 0 spiro atoms. The lowest BCUT2D eigenvalue weighted by Crippen LogP contribution is -2.30. The third-order valence-corrected chi connectivity index (χ3v) is 2.69. The molecule has 0 aliphatic rings. The number of rotatable bonds is 5. The summed E-state index contributed by atoms with van der Waals surface area (Å²) in [6.45, 7) is 0.944. The summed E-state index contributed by atoms with van der Waals surface area (Å²) in [5, 5.41) is 28.0. The van der Waals surface area contributed by atoms with E-state index in [4.69, 9.17) is 10.2 Å². The van der Waals surface area contributed by atoms with Gasteiger partial charge >= 0.3 is 5.97 Å². The number of aliphatic carboxylic acids is 1. The number of aromatic nitrogens is 1. The van der Waals surface area contributed by atoms with E-state index in [1.54, 1.807) is 6.92 Å². The van der Waals surface area contributed by atoms with Gasteiger partial charge in [-0.1, -0.05) is 6.92 Å². The average Bonchev–Trinajstić information content (AvgIpc) is 2.27. The number of carboxylic acids is 1. The molecular weight excluding hydrogens is 229 g/mol. The van der Waals surface area contributed by atoms with E-state index in [-0.39, 0.29) is 17.5 Å². The molecule has 6 heteroatoms. The zero-order valence-corrected chi connectivity index (χ0v) is 9.35. The van der Waals surface area contributed by atoms with Crippen molar-refractivity contribution in [3.05, 3.63) is 29.3 Å². The number of pyridine rings is 1. The second-order valence-electron chi connectivity index (χ2n) is 3.74. The quantitative estimate of drug-likeness (QED) is 0.665. The fourth-order valence-corrected chi connectivity index (χ4v) is 1.71. The Morgan fingerprint density at radius 1 is 1.59 bits per heavy atom. The summed E-state index contributed by atoms with van der Waals surface area (Å²) in [6, 6.07) is 1.32. The number of hydrogen-bond donors (Lipinski definition) is 3. The van der Waals surface area contributed by atoms with Gasteiger partial charge in [-0.25, -0.2) is 4.98 Å². The molecule has 0 aromatic carbocycles. The van der Waals surface area contributed by atoms with Gasteiger partial charge in [-0.05, 0) is 18.1 Å². The zero-order chi connectivity index (χ0) is 13.1. The van der Waals surface area contributed by atoms with E-state index in [0.29, 0.717) is 0 Å². The first-order valence-electron chi connectivity index (χ1n) is 5.13. The Morgan fingerprint density at radius 3 is 2.71 bits per heavy atom. The number of hydrogen-bond acceptors (Lipinski definition) is 4. The highest BCUT2D eigenvalue weighted by Gasteiger charge is 2.33. The highest BCUT2D eigenvalue weighted by atomic mass is 19.1. The van der Waals surface area contributed by atoms with E-state index >= 15 is 0 Å². The minimum atomic E-state index is -1.70. The van der Waals surface area contributed by atoms with Crippen molar-refractivity contribution < 1.29 is 24.5 Å². The van der Waals surface area contributed by atoms with Crippen LogP contribution >= 0.6 is 0 Å². The predicted octanol–water partition coefficient (Wildman–Crippen LogP) is 0.785. The van der Waals surface area contributed by atoms with Crippen molar-refractivity contribution in [1.29, 1.82) is 0 Å². The molecular formula is C11H14FNO4. The number of nitrogens with zero attached hydrogens (tertiary/aromatic N) is 1. The molecule has 5 nitrogen and oxygen atoms in total. The predicted molar refractivity (Wildman–Crippen MR) is 56.6 cm³/mol. The van der Waals surface area contributed by atoms with Crippen LogP contribution < -0.4 is 0 Å². The third kappa shape index (κ3) is 2.78. The van der Waals surface area contributed by atoms with Crippen LogP contribution in [0.5, 0.6) is 0 Å². The highest BCUT2D eigenvalue weighted by molar-refractivity contribution is 5.68. The van der Waals surface area contributed by atoms with Gasteiger partial charge in [-0.2, -0.15) is 4.39 Å². The fourth-order valence-electron chi connectivity index (χ4n) is 1.71. The van der Waals surface area contributed by atoms with Gasteiger partial charge in [-0.15, -0.1) is 0 Å². The van der Waals surface area contributed by atoms with E-state index in [0.717, 1.165) is 6.20 Å². The van der Waals surface area contributed by atoms with Crippen molar-refractivity contribution in [2.24, 2.45) is 0 Å². The van der Waals surface area contributed by atoms with Gasteiger partial charge < -0.3 is 15.3 Å². The summed E-state index contributed by atoms with van der Waals surface area (Å²) in [5.41, 5.74) is -1.80. The normalized spacial score (nSPS) is 14.4. The summed E-state index contributed by atoms with van der Waals surface area (Å²) in [7, 11) is 0. The Bertz CT molecular complexity index is 424. The summed E-state index contributed by atoms with van der Waals surface area (Å²) < 4.78 is 13.3. The van der Waals surface area contributed by atoms with Gasteiger partial charge in [0.1, 0.15) is 5.60 Å². The SMILES string of the molecule is CCC(O)(CC(=O)O)c1ccnc(F)c1CO. The van der Waals surface area contributed by atoms with Gasteiger partial charge in [0.25, 0.3) is 0 Å². The molecule has 17 heavy (non-hydrogen) atoms. The summed E-state index contributed by atoms with van der Waals surface area (Å²) in [4.78, 5) is 14.1. The van der Waals surface area contributed by atoms with E-state index in [9.17, 15) is 14.3 Å². The maximum absolute atomic E-state index is 13.3. The van der Waals surface area contributed by atoms with Crippen LogP contribution in [0.25, 0.3) is 0 Å². The standard InChI is InChI=1S/C11H14FNO4/c1-2-11(17,5-9(15)16)8-3-4-13-10(12)7(8)6-14/h3-4,14,17H,2,5-6H2,1H3,(H,15,16). The van der Waals surface area contributed by atoms with Crippen LogP contribution in [0, 0.1) is 5.95 Å². The smallest absolute Gasteiger partial charge is 0.306 e. The molecule has 0 aliphatic carbocycles. The molecule has 1 atom stereocenters. The van der Waals surface area contributed by atoms with Crippen molar-refractivity contribution in [2.45, 2.75) is 32.0 Å². The van der Waals surface area contributed by atoms with Gasteiger partial charge in [0.2, 0.25) is 5.95 Å². The number of carboxylic acid groups (broad SMARTS) is 1. The number of aliphatic hydroxyl groups is 2. The molecule has 0 radical (unpaired) electrons. The van der Waals surface area contributed by atoms with E-state index in [1.165, 1.54) is 6.07 Å². The molecule has 1 rings (SSSR count). The van der Waals surface area contributed by atoms with Crippen LogP contribution in [0.3, 0.4) is 0 Å². The maximum atomic E-state index is 13.3. The second-order valence-corrected chi connectivity index (χ2v) is 3.74. The average molecular weight is 243 g/mol. The molecule has 0 saturated carbocycles. The molecule has 1 heterocycles. The minimum Gasteiger partial charge on any atom is -0.481 e. The maximum Gasteiger partial charge on any atom is 0.306 e. The summed E-state index contributed by atoms with van der Waals surface area (Å²) in [5.74, 6) is -2.10. The lowest BCUT2D eigenvalue weighted by molar-refractivity contribution is -0.143. The zero-order valence-electron chi connectivity index (χ0n) is 9.35. The fraction of sp³-hybridized carbons (Fsp3) is 0.455. The van der Waals surface area contributed by atoms with Crippen LogP contribution in [0.4, 0.5) is 4.39 Å². The van der Waals surface area contributed by atoms with E-state index in [1.807, 2.05) is 0 Å². The highest BCUT2D eigenvalue weighted by Crippen LogP contribution is 2.31. The topological polar surface area (TPSA) is 90.7 Å². The molecule has 1 aromatic rings. The van der Waals surface area contributed by atoms with Crippen LogP contribution in [-0.4, -0.2) is 26.3 Å². The molecule has 0 amide bonds. The van der Waals surface area contributed by atoms with Crippen molar-refractivity contribution in [1.82, 2.24) is 4.98 Å². The van der Waals surface area contributed by atoms with Crippen LogP contribution in [0.2, 0.25) is 0 Å². The molecule has 3 N–H and O–H groups in total. The summed E-state index contributed by atoms with van der Waals surface area (Å²) in [6.07, 6.45) is 0.669. The lowest BCUT2D eigenvalue weighted by atomic mass is 9.86. The number of halogens is 1. The minimum absolute atomic E-state index is 0.0670. The Balaban J connectivity index is 3.28. The first-order valence-corrected chi connectivity index (χ1v) is 5.13. The summed E-state index contributed by atoms with van der Waals surface area (Å²) >= 11 is 0. The van der Waals surface area contributed by atoms with Crippen molar-refractivity contribution in [3.63, 3.8) is 0 Å². The third-order valence-electron chi connectivity index (χ3n) is 2.69. The molecule has 0 bridgehead atoms. The Labute approximate surface area is 97.6 Å². The van der Waals surface area contributed by atoms with Crippen LogP contribution in [0.15, 0.2) is 12.3 Å². The van der Waals surface area contributed by atoms with Gasteiger partial charge in [-0.3, -0.25) is 4.79 Å². The second kappa shape index (κ2) is 5.20. The molecule has 1 unspecified atom stereocenters. The molecule has 94 valence electrons. The molecule has 0 aliphatic heterocycles. The molecule has 0 fully saturated rings. The monoisotopic (exact) mass is 243 g/mol. The van der Waals surface area contributed by atoms with Gasteiger partial charge in [0.15, 0.2) is 0 Å². The molecule has 0 saturated heterocycles. The first-order chi connectivity index (χ1) is 7.94. The Morgan fingerprint density at radius 2 is 2.24 bits per heavy atom. The number of aliphatic hydroxyl groups excluding tert-OH is 1. The number of carbonyl (C=O) groups is 1. The molecule has 1 aromatic heterocycles. The van der Waals surface area contributed by atoms with Crippen LogP contribution in [0.1, 0.15) is 30.9 Å². The Hall–Kier alpha value is -1.53. The largest absolute Gasteiger partial charge is 0.481 e. The van der Waals surface area contributed by atoms with Gasteiger partial charge in [0.05, 0.1) is 13.0 Å². The first kappa shape index (κ1) is 13.5.